The number of nitrogens with zero attached hydrogens (tertiary/aromatic N) is 2. The van der Waals surface area contributed by atoms with Crippen LogP contribution >= 0.6 is 0 Å². The molecule has 21 heavy (non-hydrogen) atoms. The van der Waals surface area contributed by atoms with E-state index in [1.807, 2.05) is 17.0 Å². The Hall–Kier alpha value is -1.55. The number of nitrogen functional groups attached to an aromatic ring is 1. The summed E-state index contributed by atoms with van der Waals surface area (Å²) in [6.45, 7) is 8.95. The standard InChI is InChI=1S/C17H27N3O/c1-14(2)13-17(21)20-11-9-19(10-12-20)8-7-15-3-5-16(18)6-4-15/h3-6,14H,7-13,18H2,1-2H3. The van der Waals surface area contributed by atoms with Gasteiger partial charge >= 0.3 is 0 Å². The molecule has 0 spiro atoms. The monoisotopic (exact) mass is 289 g/mol. The number of rotatable bonds is 5. The van der Waals surface area contributed by atoms with Gasteiger partial charge in [-0.15, -0.1) is 0 Å². The molecule has 0 unspecified atom stereocenters. The van der Waals surface area contributed by atoms with E-state index in [1.165, 1.54) is 5.56 Å². The molecule has 2 rings (SSSR count). The number of piperazine rings is 1. The topological polar surface area (TPSA) is 49.6 Å². The molecule has 0 bridgehead atoms. The second-order valence-electron chi connectivity index (χ2n) is 6.31. The van der Waals surface area contributed by atoms with Crippen LogP contribution in [0.1, 0.15) is 25.8 Å². The van der Waals surface area contributed by atoms with Gasteiger partial charge in [0.15, 0.2) is 0 Å². The Morgan fingerprint density at radius 1 is 1.14 bits per heavy atom. The van der Waals surface area contributed by atoms with E-state index < -0.39 is 0 Å². The molecule has 1 heterocycles. The van der Waals surface area contributed by atoms with E-state index in [0.717, 1.165) is 44.8 Å². The average molecular weight is 289 g/mol. The predicted molar refractivity (Wildman–Crippen MR) is 87.0 cm³/mol. The van der Waals surface area contributed by atoms with Gasteiger partial charge in [-0.1, -0.05) is 26.0 Å². The highest BCUT2D eigenvalue weighted by atomic mass is 16.2. The summed E-state index contributed by atoms with van der Waals surface area (Å²) >= 11 is 0. The summed E-state index contributed by atoms with van der Waals surface area (Å²) in [7, 11) is 0. The molecule has 1 aromatic carbocycles. The van der Waals surface area contributed by atoms with Crippen molar-refractivity contribution in [1.82, 2.24) is 9.80 Å². The fourth-order valence-electron chi connectivity index (χ4n) is 2.67. The number of carbonyl (C=O) groups excluding carboxylic acids is 1. The highest BCUT2D eigenvalue weighted by molar-refractivity contribution is 5.76. The first-order valence-electron chi connectivity index (χ1n) is 7.89. The van der Waals surface area contributed by atoms with Crippen LogP contribution in [0.2, 0.25) is 0 Å². The van der Waals surface area contributed by atoms with Gasteiger partial charge in [-0.2, -0.15) is 0 Å². The first-order valence-corrected chi connectivity index (χ1v) is 7.89. The van der Waals surface area contributed by atoms with Gasteiger partial charge in [0.05, 0.1) is 0 Å². The molecule has 1 aromatic rings. The summed E-state index contributed by atoms with van der Waals surface area (Å²) < 4.78 is 0. The van der Waals surface area contributed by atoms with E-state index in [1.54, 1.807) is 0 Å². The number of anilines is 1. The van der Waals surface area contributed by atoms with E-state index in [0.29, 0.717) is 18.2 Å². The van der Waals surface area contributed by atoms with Gasteiger partial charge in [0, 0.05) is 44.8 Å². The minimum Gasteiger partial charge on any atom is -0.399 e. The normalized spacial score (nSPS) is 16.4. The van der Waals surface area contributed by atoms with Crippen molar-refractivity contribution in [2.45, 2.75) is 26.7 Å². The quantitative estimate of drug-likeness (QED) is 0.844. The maximum atomic E-state index is 12.0. The minimum absolute atomic E-state index is 0.309. The Balaban J connectivity index is 1.71. The molecule has 0 radical (unpaired) electrons. The average Bonchev–Trinajstić information content (AvgIpc) is 2.46. The van der Waals surface area contributed by atoms with E-state index in [9.17, 15) is 4.79 Å². The number of hydrogen-bond donors (Lipinski definition) is 1. The zero-order chi connectivity index (χ0) is 15.2. The minimum atomic E-state index is 0.309. The fourth-order valence-corrected chi connectivity index (χ4v) is 2.67. The molecule has 1 fully saturated rings. The van der Waals surface area contributed by atoms with Crippen LogP contribution in [0, 0.1) is 5.92 Å². The van der Waals surface area contributed by atoms with E-state index in [4.69, 9.17) is 5.73 Å². The molecule has 4 heteroatoms. The van der Waals surface area contributed by atoms with Crippen molar-refractivity contribution in [3.63, 3.8) is 0 Å². The summed E-state index contributed by atoms with van der Waals surface area (Å²) in [5, 5.41) is 0. The predicted octanol–water partition coefficient (Wildman–Crippen LogP) is 2.00. The second-order valence-corrected chi connectivity index (χ2v) is 6.31. The Morgan fingerprint density at radius 2 is 1.76 bits per heavy atom. The van der Waals surface area contributed by atoms with Crippen LogP contribution in [0.4, 0.5) is 5.69 Å². The van der Waals surface area contributed by atoms with Crippen molar-refractivity contribution in [3.05, 3.63) is 29.8 Å². The molecule has 1 amide bonds. The number of carbonyl (C=O) groups is 1. The molecule has 0 aliphatic carbocycles. The lowest BCUT2D eigenvalue weighted by Gasteiger charge is -2.35. The largest absolute Gasteiger partial charge is 0.399 e. The molecule has 0 aromatic heterocycles. The van der Waals surface area contributed by atoms with E-state index >= 15 is 0 Å². The zero-order valence-electron chi connectivity index (χ0n) is 13.2. The molecular weight excluding hydrogens is 262 g/mol. The van der Waals surface area contributed by atoms with Crippen molar-refractivity contribution in [1.29, 1.82) is 0 Å². The number of benzene rings is 1. The maximum absolute atomic E-state index is 12.0. The van der Waals surface area contributed by atoms with Crippen LogP contribution in [-0.2, 0) is 11.2 Å². The third kappa shape index (κ3) is 5.05. The summed E-state index contributed by atoms with van der Waals surface area (Å²) in [6, 6.07) is 8.10. The van der Waals surface area contributed by atoms with Crippen molar-refractivity contribution < 1.29 is 4.79 Å². The lowest BCUT2D eigenvalue weighted by atomic mass is 10.1. The highest BCUT2D eigenvalue weighted by Crippen LogP contribution is 2.10. The van der Waals surface area contributed by atoms with Crippen LogP contribution < -0.4 is 5.73 Å². The molecule has 1 aliphatic heterocycles. The summed E-state index contributed by atoms with van der Waals surface area (Å²) in [5.41, 5.74) is 7.83. The summed E-state index contributed by atoms with van der Waals surface area (Å²) in [5.74, 6) is 0.754. The third-order valence-electron chi connectivity index (χ3n) is 4.00. The lowest BCUT2D eigenvalue weighted by Crippen LogP contribution is -2.49. The van der Waals surface area contributed by atoms with Gasteiger partial charge in [0.1, 0.15) is 0 Å². The summed E-state index contributed by atoms with van der Waals surface area (Å²) in [4.78, 5) is 16.5. The number of amides is 1. The van der Waals surface area contributed by atoms with Crippen LogP contribution in [0.3, 0.4) is 0 Å². The third-order valence-corrected chi connectivity index (χ3v) is 4.00. The molecule has 2 N–H and O–H groups in total. The van der Waals surface area contributed by atoms with Crippen LogP contribution in [0.25, 0.3) is 0 Å². The molecular formula is C17H27N3O. The molecule has 1 aliphatic rings. The van der Waals surface area contributed by atoms with Crippen molar-refractivity contribution in [3.8, 4) is 0 Å². The van der Waals surface area contributed by atoms with Crippen LogP contribution in [-0.4, -0.2) is 48.4 Å². The Kier molecular flexibility index (Phi) is 5.62. The van der Waals surface area contributed by atoms with Gasteiger partial charge in [0.25, 0.3) is 0 Å². The first-order chi connectivity index (χ1) is 10.0. The van der Waals surface area contributed by atoms with Gasteiger partial charge in [-0.3, -0.25) is 9.69 Å². The lowest BCUT2D eigenvalue weighted by molar-refractivity contribution is -0.133. The van der Waals surface area contributed by atoms with Crippen LogP contribution in [0.5, 0.6) is 0 Å². The SMILES string of the molecule is CC(C)CC(=O)N1CCN(CCc2ccc(N)cc2)CC1. The fraction of sp³-hybridized carbons (Fsp3) is 0.588. The summed E-state index contributed by atoms with van der Waals surface area (Å²) in [6.07, 6.45) is 1.71. The Morgan fingerprint density at radius 3 is 2.33 bits per heavy atom. The van der Waals surface area contributed by atoms with Crippen molar-refractivity contribution in [2.24, 2.45) is 5.92 Å². The molecule has 1 saturated heterocycles. The molecule has 0 saturated carbocycles. The first kappa shape index (κ1) is 15.8. The van der Waals surface area contributed by atoms with Gasteiger partial charge in [-0.25, -0.2) is 0 Å². The van der Waals surface area contributed by atoms with E-state index in [2.05, 4.69) is 30.9 Å². The Bertz CT molecular complexity index is 448. The second kappa shape index (κ2) is 7.46. The highest BCUT2D eigenvalue weighted by Gasteiger charge is 2.21. The van der Waals surface area contributed by atoms with Gasteiger partial charge < -0.3 is 10.6 Å². The van der Waals surface area contributed by atoms with Gasteiger partial charge in [-0.05, 0) is 30.0 Å². The van der Waals surface area contributed by atoms with Crippen molar-refractivity contribution >= 4 is 11.6 Å². The molecule has 4 nitrogen and oxygen atoms in total. The number of hydrogen-bond acceptors (Lipinski definition) is 3. The van der Waals surface area contributed by atoms with Crippen molar-refractivity contribution in [2.75, 3.05) is 38.5 Å². The Labute approximate surface area is 127 Å². The zero-order valence-corrected chi connectivity index (χ0v) is 13.2. The van der Waals surface area contributed by atoms with Gasteiger partial charge in [0.2, 0.25) is 5.91 Å². The molecule has 116 valence electrons. The smallest absolute Gasteiger partial charge is 0.222 e. The molecule has 0 atom stereocenters. The number of nitrogens with two attached hydrogens (primary N) is 1. The maximum Gasteiger partial charge on any atom is 0.222 e. The van der Waals surface area contributed by atoms with E-state index in [-0.39, 0.29) is 0 Å². The van der Waals surface area contributed by atoms with Crippen LogP contribution in [0.15, 0.2) is 24.3 Å².